The van der Waals surface area contributed by atoms with Crippen LogP contribution in [0.25, 0.3) is 11.4 Å². The largest absolute Gasteiger partial charge is 0.388 e. The fourth-order valence-corrected chi connectivity index (χ4v) is 1.25. The van der Waals surface area contributed by atoms with Gasteiger partial charge in [-0.15, -0.1) is 0 Å². The van der Waals surface area contributed by atoms with Crippen molar-refractivity contribution in [1.29, 1.82) is 0 Å². The summed E-state index contributed by atoms with van der Waals surface area (Å²) in [5, 5.41) is 3.01. The van der Waals surface area contributed by atoms with E-state index in [1.54, 1.807) is 0 Å². The van der Waals surface area contributed by atoms with E-state index in [0.717, 1.165) is 23.6 Å². The first-order valence-corrected chi connectivity index (χ1v) is 4.55. The lowest BCUT2D eigenvalue weighted by molar-refractivity contribution is 0.614. The van der Waals surface area contributed by atoms with Gasteiger partial charge in [-0.2, -0.15) is 0 Å². The highest BCUT2D eigenvalue weighted by Gasteiger charge is 2.00. The van der Waals surface area contributed by atoms with Crippen molar-refractivity contribution >= 4 is 5.69 Å². The molecule has 15 heavy (non-hydrogen) atoms. The molecule has 0 bridgehead atoms. The highest BCUT2D eigenvalue weighted by atomic mass is 19.1. The SMILES string of the molecule is CNc1ccc(-c2ncc(F)cn2)cc1. The number of nitrogens with zero attached hydrogens (tertiary/aromatic N) is 2. The second-order valence-corrected chi connectivity index (χ2v) is 3.05. The molecule has 0 aliphatic heterocycles. The van der Waals surface area contributed by atoms with E-state index in [0.29, 0.717) is 5.82 Å². The number of hydrogen-bond acceptors (Lipinski definition) is 3. The minimum atomic E-state index is -0.425. The number of aromatic nitrogens is 2. The molecule has 4 heteroatoms. The maximum Gasteiger partial charge on any atom is 0.159 e. The summed E-state index contributed by atoms with van der Waals surface area (Å²) in [6.45, 7) is 0. The van der Waals surface area contributed by atoms with Crippen LogP contribution in [0.5, 0.6) is 0 Å². The third-order valence-corrected chi connectivity index (χ3v) is 2.05. The summed E-state index contributed by atoms with van der Waals surface area (Å²) in [4.78, 5) is 7.79. The van der Waals surface area contributed by atoms with Crippen LogP contribution >= 0.6 is 0 Å². The van der Waals surface area contributed by atoms with Crippen LogP contribution in [-0.4, -0.2) is 17.0 Å². The summed E-state index contributed by atoms with van der Waals surface area (Å²) in [5.41, 5.74) is 1.88. The zero-order chi connectivity index (χ0) is 10.7. The van der Waals surface area contributed by atoms with E-state index in [1.807, 2.05) is 31.3 Å². The third-order valence-electron chi connectivity index (χ3n) is 2.05. The van der Waals surface area contributed by atoms with Gasteiger partial charge in [-0.1, -0.05) is 0 Å². The van der Waals surface area contributed by atoms with Crippen LogP contribution in [0, 0.1) is 5.82 Å². The summed E-state index contributed by atoms with van der Waals surface area (Å²) < 4.78 is 12.6. The van der Waals surface area contributed by atoms with Crippen LogP contribution in [0.2, 0.25) is 0 Å². The lowest BCUT2D eigenvalue weighted by Crippen LogP contribution is -1.91. The maximum atomic E-state index is 12.6. The van der Waals surface area contributed by atoms with E-state index >= 15 is 0 Å². The summed E-state index contributed by atoms with van der Waals surface area (Å²) in [6, 6.07) is 7.61. The first-order chi connectivity index (χ1) is 7.29. The molecule has 0 aliphatic carbocycles. The average molecular weight is 203 g/mol. The van der Waals surface area contributed by atoms with E-state index in [-0.39, 0.29) is 0 Å². The molecule has 3 nitrogen and oxygen atoms in total. The van der Waals surface area contributed by atoms with Crippen molar-refractivity contribution in [2.45, 2.75) is 0 Å². The second kappa shape index (κ2) is 4.04. The van der Waals surface area contributed by atoms with E-state index in [2.05, 4.69) is 15.3 Å². The van der Waals surface area contributed by atoms with Crippen LogP contribution < -0.4 is 5.32 Å². The highest BCUT2D eigenvalue weighted by Crippen LogP contribution is 2.16. The van der Waals surface area contributed by atoms with Crippen LogP contribution in [0.4, 0.5) is 10.1 Å². The first kappa shape index (κ1) is 9.58. The third kappa shape index (κ3) is 2.10. The topological polar surface area (TPSA) is 37.8 Å². The number of hydrogen-bond donors (Lipinski definition) is 1. The monoisotopic (exact) mass is 203 g/mol. The van der Waals surface area contributed by atoms with Crippen molar-refractivity contribution in [3.05, 3.63) is 42.5 Å². The maximum absolute atomic E-state index is 12.6. The molecular formula is C11H10FN3. The molecule has 1 aromatic heterocycles. The first-order valence-electron chi connectivity index (χ1n) is 4.55. The van der Waals surface area contributed by atoms with Crippen molar-refractivity contribution in [1.82, 2.24) is 9.97 Å². The van der Waals surface area contributed by atoms with Gasteiger partial charge in [-0.3, -0.25) is 0 Å². The molecular weight excluding hydrogens is 193 g/mol. The van der Waals surface area contributed by atoms with Crippen LogP contribution in [0.15, 0.2) is 36.7 Å². The predicted molar refractivity (Wildman–Crippen MR) is 57.0 cm³/mol. The Balaban J connectivity index is 2.33. The van der Waals surface area contributed by atoms with Crippen molar-refractivity contribution in [2.75, 3.05) is 12.4 Å². The van der Waals surface area contributed by atoms with Gasteiger partial charge in [0.05, 0.1) is 12.4 Å². The van der Waals surface area contributed by atoms with E-state index in [9.17, 15) is 4.39 Å². The molecule has 2 aromatic rings. The minimum Gasteiger partial charge on any atom is -0.388 e. The molecule has 0 saturated heterocycles. The Bertz CT molecular complexity index is 436. The van der Waals surface area contributed by atoms with E-state index in [1.165, 1.54) is 0 Å². The van der Waals surface area contributed by atoms with E-state index < -0.39 is 5.82 Å². The van der Waals surface area contributed by atoms with Crippen LogP contribution in [-0.2, 0) is 0 Å². The predicted octanol–water partition coefficient (Wildman–Crippen LogP) is 2.32. The number of halogens is 1. The molecule has 0 aliphatic rings. The van der Waals surface area contributed by atoms with Gasteiger partial charge in [0.25, 0.3) is 0 Å². The van der Waals surface area contributed by atoms with Gasteiger partial charge in [0.15, 0.2) is 11.6 Å². The van der Waals surface area contributed by atoms with Crippen LogP contribution in [0.3, 0.4) is 0 Å². The lowest BCUT2D eigenvalue weighted by Gasteiger charge is -2.02. The molecule has 1 N–H and O–H groups in total. The summed E-state index contributed by atoms with van der Waals surface area (Å²) in [5.74, 6) is 0.102. The lowest BCUT2D eigenvalue weighted by atomic mass is 10.2. The molecule has 0 radical (unpaired) electrons. The summed E-state index contributed by atoms with van der Waals surface area (Å²) in [6.07, 6.45) is 2.32. The smallest absolute Gasteiger partial charge is 0.159 e. The van der Waals surface area contributed by atoms with Crippen molar-refractivity contribution in [2.24, 2.45) is 0 Å². The second-order valence-electron chi connectivity index (χ2n) is 3.05. The Morgan fingerprint density at radius 1 is 1.07 bits per heavy atom. The molecule has 2 rings (SSSR count). The van der Waals surface area contributed by atoms with Gasteiger partial charge in [0, 0.05) is 18.3 Å². The standard InChI is InChI=1S/C11H10FN3/c1-13-10-4-2-8(3-5-10)11-14-6-9(12)7-15-11/h2-7,13H,1H3. The summed E-state index contributed by atoms with van der Waals surface area (Å²) >= 11 is 0. The molecule has 0 atom stereocenters. The number of benzene rings is 1. The van der Waals surface area contributed by atoms with Gasteiger partial charge < -0.3 is 5.32 Å². The Morgan fingerprint density at radius 3 is 2.20 bits per heavy atom. The number of rotatable bonds is 2. The van der Waals surface area contributed by atoms with Crippen LogP contribution in [0.1, 0.15) is 0 Å². The Morgan fingerprint density at radius 2 is 1.67 bits per heavy atom. The van der Waals surface area contributed by atoms with Crippen molar-refractivity contribution < 1.29 is 4.39 Å². The fraction of sp³-hybridized carbons (Fsp3) is 0.0909. The molecule has 0 saturated carbocycles. The molecule has 1 aromatic carbocycles. The molecule has 0 fully saturated rings. The Kier molecular flexibility index (Phi) is 2.58. The normalized spacial score (nSPS) is 10.0. The molecule has 0 amide bonds. The molecule has 76 valence electrons. The fourth-order valence-electron chi connectivity index (χ4n) is 1.25. The van der Waals surface area contributed by atoms with Gasteiger partial charge >= 0.3 is 0 Å². The van der Waals surface area contributed by atoms with Gasteiger partial charge in [0.2, 0.25) is 0 Å². The minimum absolute atomic E-state index is 0.425. The molecule has 1 heterocycles. The zero-order valence-electron chi connectivity index (χ0n) is 8.24. The van der Waals surface area contributed by atoms with Gasteiger partial charge in [0.1, 0.15) is 0 Å². The van der Waals surface area contributed by atoms with Gasteiger partial charge in [-0.25, -0.2) is 14.4 Å². The number of nitrogens with one attached hydrogen (secondary N) is 1. The Hall–Kier alpha value is -1.97. The zero-order valence-corrected chi connectivity index (χ0v) is 8.24. The van der Waals surface area contributed by atoms with Crippen molar-refractivity contribution in [3.8, 4) is 11.4 Å². The molecule has 0 unspecified atom stereocenters. The molecule has 0 spiro atoms. The van der Waals surface area contributed by atoms with Gasteiger partial charge in [-0.05, 0) is 24.3 Å². The summed E-state index contributed by atoms with van der Waals surface area (Å²) in [7, 11) is 1.85. The number of anilines is 1. The average Bonchev–Trinajstić information content (AvgIpc) is 2.30. The van der Waals surface area contributed by atoms with E-state index in [4.69, 9.17) is 0 Å². The highest BCUT2D eigenvalue weighted by molar-refractivity contribution is 5.59. The Labute approximate surface area is 87.0 Å². The van der Waals surface area contributed by atoms with Crippen molar-refractivity contribution in [3.63, 3.8) is 0 Å². The quantitative estimate of drug-likeness (QED) is 0.813.